The number of amides is 1. The van der Waals surface area contributed by atoms with E-state index in [0.717, 1.165) is 42.8 Å². The highest BCUT2D eigenvalue weighted by Gasteiger charge is 2.43. The van der Waals surface area contributed by atoms with Crippen LogP contribution in [-0.2, 0) is 10.0 Å². The van der Waals surface area contributed by atoms with Gasteiger partial charge in [-0.1, -0.05) is 6.07 Å². The van der Waals surface area contributed by atoms with Gasteiger partial charge in [0.2, 0.25) is 0 Å². The maximum Gasteiger partial charge on any atom is 0.285 e. The monoisotopic (exact) mass is 415 g/mol. The van der Waals surface area contributed by atoms with E-state index in [0.29, 0.717) is 17.7 Å². The van der Waals surface area contributed by atoms with Gasteiger partial charge in [-0.3, -0.25) is 9.69 Å². The number of aromatic nitrogens is 2. The molecule has 0 bridgehead atoms. The molecule has 4 rings (SSSR count). The summed E-state index contributed by atoms with van der Waals surface area (Å²) in [7, 11) is -3.85. The zero-order valence-electron chi connectivity index (χ0n) is 16.7. The van der Waals surface area contributed by atoms with Crippen LogP contribution in [-0.4, -0.2) is 72.8 Å². The molecule has 4 heterocycles. The summed E-state index contributed by atoms with van der Waals surface area (Å²) >= 11 is 0. The average molecular weight is 416 g/mol. The number of hydrogen-bond donors (Lipinski definition) is 0. The van der Waals surface area contributed by atoms with Gasteiger partial charge >= 0.3 is 0 Å². The molecular weight excluding hydrogens is 390 g/mol. The van der Waals surface area contributed by atoms with Crippen molar-refractivity contribution in [3.8, 4) is 0 Å². The lowest BCUT2D eigenvalue weighted by Gasteiger charge is -2.35. The first-order valence-corrected chi connectivity index (χ1v) is 11.3. The minimum absolute atomic E-state index is 0.0935. The van der Waals surface area contributed by atoms with Crippen LogP contribution in [0.2, 0.25) is 0 Å². The first-order chi connectivity index (χ1) is 13.9. The third kappa shape index (κ3) is 3.72. The van der Waals surface area contributed by atoms with Crippen LogP contribution in [0, 0.1) is 13.8 Å². The number of piperazine rings is 1. The van der Waals surface area contributed by atoms with Crippen molar-refractivity contribution in [1.29, 1.82) is 0 Å². The molecular formula is C20H25N5O3S. The second-order valence-corrected chi connectivity index (χ2v) is 9.29. The third-order valence-electron chi connectivity index (χ3n) is 5.47. The molecule has 0 spiro atoms. The van der Waals surface area contributed by atoms with Gasteiger partial charge in [-0.25, -0.2) is 14.3 Å². The highest BCUT2D eigenvalue weighted by molar-refractivity contribution is 7.90. The predicted molar refractivity (Wildman–Crippen MR) is 109 cm³/mol. The van der Waals surface area contributed by atoms with Gasteiger partial charge in [-0.2, -0.15) is 8.42 Å². The summed E-state index contributed by atoms with van der Waals surface area (Å²) in [6.07, 6.45) is 2.39. The molecule has 1 amide bonds. The van der Waals surface area contributed by atoms with Crippen LogP contribution >= 0.6 is 0 Å². The number of rotatable bonds is 5. The molecule has 0 N–H and O–H groups in total. The molecule has 0 aliphatic carbocycles. The molecule has 9 heteroatoms. The molecule has 0 saturated carbocycles. The Hall–Kier alpha value is -2.52. The fourth-order valence-electron chi connectivity index (χ4n) is 3.99. The van der Waals surface area contributed by atoms with E-state index in [4.69, 9.17) is 0 Å². The lowest BCUT2D eigenvalue weighted by molar-refractivity contribution is 0.0865. The maximum atomic E-state index is 12.8. The highest BCUT2D eigenvalue weighted by Crippen LogP contribution is 2.31. The van der Waals surface area contributed by atoms with Gasteiger partial charge in [0.05, 0.1) is 5.56 Å². The van der Waals surface area contributed by atoms with Gasteiger partial charge in [0.1, 0.15) is 5.82 Å². The van der Waals surface area contributed by atoms with E-state index in [1.807, 2.05) is 18.2 Å². The van der Waals surface area contributed by atoms with Crippen LogP contribution in [0.4, 0.5) is 5.82 Å². The summed E-state index contributed by atoms with van der Waals surface area (Å²) < 4.78 is 26.6. The van der Waals surface area contributed by atoms with E-state index in [2.05, 4.69) is 19.8 Å². The van der Waals surface area contributed by atoms with Crippen LogP contribution in [0.5, 0.6) is 0 Å². The van der Waals surface area contributed by atoms with Crippen LogP contribution < -0.4 is 4.90 Å². The van der Waals surface area contributed by atoms with Crippen molar-refractivity contribution in [2.75, 3.05) is 44.2 Å². The largest absolute Gasteiger partial charge is 0.354 e. The van der Waals surface area contributed by atoms with E-state index in [9.17, 15) is 13.2 Å². The molecule has 154 valence electrons. The van der Waals surface area contributed by atoms with Crippen LogP contribution in [0.1, 0.15) is 28.0 Å². The lowest BCUT2D eigenvalue weighted by atomic mass is 10.1. The fourth-order valence-corrected chi connectivity index (χ4v) is 5.64. The topological polar surface area (TPSA) is 86.7 Å². The van der Waals surface area contributed by atoms with Crippen LogP contribution in [0.25, 0.3) is 0 Å². The Morgan fingerprint density at radius 1 is 1.07 bits per heavy atom. The molecule has 2 aliphatic heterocycles. The van der Waals surface area contributed by atoms with E-state index in [1.165, 1.54) is 0 Å². The number of anilines is 1. The first-order valence-electron chi connectivity index (χ1n) is 9.81. The van der Waals surface area contributed by atoms with Gasteiger partial charge < -0.3 is 4.90 Å². The Morgan fingerprint density at radius 2 is 1.83 bits per heavy atom. The second-order valence-electron chi connectivity index (χ2n) is 7.51. The van der Waals surface area contributed by atoms with Crippen molar-refractivity contribution in [3.05, 3.63) is 47.3 Å². The molecule has 1 fully saturated rings. The Morgan fingerprint density at radius 3 is 2.52 bits per heavy atom. The van der Waals surface area contributed by atoms with Gasteiger partial charge in [-0.15, -0.1) is 0 Å². The van der Waals surface area contributed by atoms with Crippen LogP contribution in [0.15, 0.2) is 35.5 Å². The molecule has 0 aromatic carbocycles. The van der Waals surface area contributed by atoms with E-state index < -0.39 is 15.9 Å². The Bertz CT molecular complexity index is 1020. The average Bonchev–Trinajstić information content (AvgIpc) is 2.89. The zero-order valence-corrected chi connectivity index (χ0v) is 17.5. The highest BCUT2D eigenvalue weighted by atomic mass is 32.2. The number of carbonyl (C=O) groups excluding carboxylic acids is 1. The number of nitrogens with zero attached hydrogens (tertiary/aromatic N) is 5. The van der Waals surface area contributed by atoms with Gasteiger partial charge in [0.15, 0.2) is 5.03 Å². The molecule has 0 unspecified atom stereocenters. The Kier molecular flexibility index (Phi) is 5.26. The number of hydrogen-bond acceptors (Lipinski definition) is 7. The predicted octanol–water partition coefficient (Wildman–Crippen LogP) is 1.45. The van der Waals surface area contributed by atoms with Crippen molar-refractivity contribution in [2.45, 2.75) is 25.3 Å². The zero-order chi connectivity index (χ0) is 20.6. The molecule has 8 nitrogen and oxygen atoms in total. The van der Waals surface area contributed by atoms with Gasteiger partial charge in [-0.05, 0) is 44.0 Å². The summed E-state index contributed by atoms with van der Waals surface area (Å²) in [5.41, 5.74) is 1.49. The Labute approximate surface area is 171 Å². The van der Waals surface area contributed by atoms with E-state index in [1.54, 1.807) is 26.1 Å². The molecule has 1 saturated heterocycles. The summed E-state index contributed by atoms with van der Waals surface area (Å²) in [5, 5.41) is -0.0935. The summed E-state index contributed by atoms with van der Waals surface area (Å²) in [5.74, 6) is 0.529. The number of pyridine rings is 2. The summed E-state index contributed by atoms with van der Waals surface area (Å²) in [6, 6.07) is 7.65. The van der Waals surface area contributed by atoms with Crippen molar-refractivity contribution < 1.29 is 13.2 Å². The summed E-state index contributed by atoms with van der Waals surface area (Å²) in [6.45, 7) is 7.95. The number of fused-ring (bicyclic) bond motifs is 1. The van der Waals surface area contributed by atoms with Gasteiger partial charge in [0.25, 0.3) is 15.9 Å². The van der Waals surface area contributed by atoms with E-state index >= 15 is 0 Å². The molecule has 2 aromatic rings. The molecule has 29 heavy (non-hydrogen) atoms. The maximum absolute atomic E-state index is 12.8. The third-order valence-corrected chi connectivity index (χ3v) is 7.18. The number of aryl methyl sites for hydroxylation is 2. The first kappa shape index (κ1) is 19.8. The van der Waals surface area contributed by atoms with Gasteiger partial charge in [0, 0.05) is 51.2 Å². The number of carbonyl (C=O) groups is 1. The molecule has 0 atom stereocenters. The Balaban J connectivity index is 1.34. The minimum atomic E-state index is -3.85. The van der Waals surface area contributed by atoms with E-state index in [-0.39, 0.29) is 17.1 Å². The SMILES string of the molecule is Cc1cc(C)c2c(n1)S(=O)(=O)N(CCCN1CCN(c3ccccn3)CC1)C2=O. The normalized spacial score (nSPS) is 18.9. The minimum Gasteiger partial charge on any atom is -0.354 e. The molecule has 0 radical (unpaired) electrons. The van der Waals surface area contributed by atoms with Crippen molar-refractivity contribution >= 4 is 21.7 Å². The molecule has 2 aromatic heterocycles. The summed E-state index contributed by atoms with van der Waals surface area (Å²) in [4.78, 5) is 25.8. The quantitative estimate of drug-likeness (QED) is 0.730. The molecule has 2 aliphatic rings. The second kappa shape index (κ2) is 7.72. The lowest BCUT2D eigenvalue weighted by Crippen LogP contribution is -2.47. The fraction of sp³-hybridized carbons (Fsp3) is 0.450. The standard InChI is InChI=1S/C20H25N5O3S/c1-15-14-16(2)22-19-18(15)20(26)25(29(19,27)28)9-5-8-23-10-12-24(13-11-23)17-6-3-4-7-21-17/h3-4,6-7,14H,5,8-13H2,1-2H3. The van der Waals surface area contributed by atoms with Crippen LogP contribution in [0.3, 0.4) is 0 Å². The number of sulfonamides is 1. The smallest absolute Gasteiger partial charge is 0.285 e. The van der Waals surface area contributed by atoms with Crippen molar-refractivity contribution in [1.82, 2.24) is 19.2 Å². The van der Waals surface area contributed by atoms with Crippen molar-refractivity contribution in [2.24, 2.45) is 0 Å². The van der Waals surface area contributed by atoms with Crippen molar-refractivity contribution in [3.63, 3.8) is 0 Å².